The predicted molar refractivity (Wildman–Crippen MR) is 61.0 cm³/mol. The van der Waals surface area contributed by atoms with Crippen LogP contribution in [0, 0.1) is 0 Å². The van der Waals surface area contributed by atoms with E-state index < -0.39 is 0 Å². The number of hydrogen-bond donors (Lipinski definition) is 1. The number of hydrogen-bond acceptors (Lipinski definition) is 5. The summed E-state index contributed by atoms with van der Waals surface area (Å²) in [6, 6.07) is 0.729. The van der Waals surface area contributed by atoms with Gasteiger partial charge in [-0.1, -0.05) is 11.6 Å². The molecule has 0 aromatic carbocycles. The molecule has 1 N–H and O–H groups in total. The molecule has 1 saturated carbocycles. The fourth-order valence-electron chi connectivity index (χ4n) is 1.60. The number of rotatable bonds is 5. The van der Waals surface area contributed by atoms with E-state index in [-0.39, 0.29) is 6.61 Å². The van der Waals surface area contributed by atoms with Crippen LogP contribution >= 0.6 is 11.6 Å². The summed E-state index contributed by atoms with van der Waals surface area (Å²) in [5.41, 5.74) is 0. The molecular weight excluding hydrogens is 230 g/mol. The summed E-state index contributed by atoms with van der Waals surface area (Å²) in [6.07, 6.45) is 3.75. The maximum Gasteiger partial charge on any atom is 0.318 e. The summed E-state index contributed by atoms with van der Waals surface area (Å²) in [4.78, 5) is 10.2. The van der Waals surface area contributed by atoms with Crippen molar-refractivity contribution >= 4 is 17.4 Å². The molecule has 1 aromatic rings. The number of anilines is 1. The molecule has 1 aliphatic carbocycles. The summed E-state index contributed by atoms with van der Waals surface area (Å²) in [5.74, 6) is 0.644. The molecule has 2 rings (SSSR count). The van der Waals surface area contributed by atoms with Gasteiger partial charge in [0.15, 0.2) is 5.82 Å². The zero-order valence-corrected chi connectivity index (χ0v) is 9.81. The van der Waals surface area contributed by atoms with Crippen molar-refractivity contribution in [2.45, 2.75) is 18.9 Å². The molecule has 6 heteroatoms. The smallest absolute Gasteiger partial charge is 0.318 e. The van der Waals surface area contributed by atoms with E-state index in [0.29, 0.717) is 29.4 Å². The average molecular weight is 244 g/mol. The Hall–Kier alpha value is -1.07. The van der Waals surface area contributed by atoms with Crippen molar-refractivity contribution in [1.29, 1.82) is 0 Å². The Morgan fingerprint density at radius 3 is 2.94 bits per heavy atom. The van der Waals surface area contributed by atoms with Gasteiger partial charge >= 0.3 is 6.01 Å². The Bertz CT molecular complexity index is 371. The molecule has 1 aliphatic rings. The quantitative estimate of drug-likeness (QED) is 0.839. The van der Waals surface area contributed by atoms with Gasteiger partial charge in [0, 0.05) is 12.6 Å². The van der Waals surface area contributed by atoms with E-state index >= 15 is 0 Å². The summed E-state index contributed by atoms with van der Waals surface area (Å²) in [5, 5.41) is 9.52. The van der Waals surface area contributed by atoms with Crippen molar-refractivity contribution in [3.05, 3.63) is 11.2 Å². The standard InChI is InChI=1S/C10H14ClN3O2/c1-16-10-12-6-8(11)9(13-10)14(4-5-15)7-2-3-7/h6-7,15H,2-5H2,1H3. The molecule has 0 aliphatic heterocycles. The molecule has 0 radical (unpaired) electrons. The van der Waals surface area contributed by atoms with E-state index in [4.69, 9.17) is 21.4 Å². The molecule has 1 fully saturated rings. The summed E-state index contributed by atoms with van der Waals surface area (Å²) in [6.45, 7) is 0.615. The minimum atomic E-state index is 0.0825. The van der Waals surface area contributed by atoms with Crippen LogP contribution in [0.25, 0.3) is 0 Å². The molecule has 0 spiro atoms. The molecule has 0 saturated heterocycles. The van der Waals surface area contributed by atoms with Gasteiger partial charge in [-0.15, -0.1) is 0 Å². The van der Waals surface area contributed by atoms with E-state index in [1.54, 1.807) is 0 Å². The van der Waals surface area contributed by atoms with Crippen LogP contribution in [0.2, 0.25) is 5.02 Å². The second-order valence-electron chi connectivity index (χ2n) is 3.68. The van der Waals surface area contributed by atoms with Gasteiger partial charge < -0.3 is 14.7 Å². The minimum Gasteiger partial charge on any atom is -0.467 e. The van der Waals surface area contributed by atoms with Gasteiger partial charge in [-0.2, -0.15) is 4.98 Å². The van der Waals surface area contributed by atoms with E-state index in [0.717, 1.165) is 12.8 Å². The first-order chi connectivity index (χ1) is 7.76. The van der Waals surface area contributed by atoms with Crippen molar-refractivity contribution in [3.63, 3.8) is 0 Å². The monoisotopic (exact) mass is 243 g/mol. The Morgan fingerprint density at radius 2 is 2.38 bits per heavy atom. The van der Waals surface area contributed by atoms with Gasteiger partial charge in [0.2, 0.25) is 0 Å². The lowest BCUT2D eigenvalue weighted by Crippen LogP contribution is -2.30. The van der Waals surface area contributed by atoms with Gasteiger partial charge in [0.05, 0.1) is 19.9 Å². The Kier molecular flexibility index (Phi) is 3.46. The maximum absolute atomic E-state index is 9.03. The van der Waals surface area contributed by atoms with Crippen LogP contribution in [0.15, 0.2) is 6.20 Å². The average Bonchev–Trinajstić information content (AvgIpc) is 3.11. The van der Waals surface area contributed by atoms with Gasteiger partial charge in [0.25, 0.3) is 0 Å². The SMILES string of the molecule is COc1ncc(Cl)c(N(CCO)C2CC2)n1. The van der Waals surface area contributed by atoms with Crippen molar-refractivity contribution in [3.8, 4) is 6.01 Å². The maximum atomic E-state index is 9.03. The first-order valence-corrected chi connectivity index (χ1v) is 5.58. The number of nitrogens with zero attached hydrogens (tertiary/aromatic N) is 3. The third kappa shape index (κ3) is 2.36. The van der Waals surface area contributed by atoms with E-state index in [2.05, 4.69) is 9.97 Å². The topological polar surface area (TPSA) is 58.5 Å². The zero-order chi connectivity index (χ0) is 11.5. The molecule has 1 aromatic heterocycles. The first-order valence-electron chi connectivity index (χ1n) is 5.20. The van der Waals surface area contributed by atoms with Crippen LogP contribution in [-0.4, -0.2) is 41.4 Å². The summed E-state index contributed by atoms with van der Waals surface area (Å²) >= 11 is 6.05. The zero-order valence-electron chi connectivity index (χ0n) is 9.06. The lowest BCUT2D eigenvalue weighted by atomic mass is 10.4. The van der Waals surface area contributed by atoms with Gasteiger partial charge in [-0.05, 0) is 12.8 Å². The molecule has 0 bridgehead atoms. The molecule has 88 valence electrons. The Morgan fingerprint density at radius 1 is 1.62 bits per heavy atom. The number of methoxy groups -OCH3 is 1. The highest BCUT2D eigenvalue weighted by atomic mass is 35.5. The molecule has 0 atom stereocenters. The highest BCUT2D eigenvalue weighted by Gasteiger charge is 2.31. The fourth-order valence-corrected chi connectivity index (χ4v) is 1.80. The van der Waals surface area contributed by atoms with Crippen LogP contribution in [0.1, 0.15) is 12.8 Å². The van der Waals surface area contributed by atoms with E-state index in [9.17, 15) is 0 Å². The predicted octanol–water partition coefficient (Wildman–Crippen LogP) is 1.10. The van der Waals surface area contributed by atoms with Crippen LogP contribution in [0.5, 0.6) is 6.01 Å². The van der Waals surface area contributed by atoms with E-state index in [1.807, 2.05) is 4.90 Å². The van der Waals surface area contributed by atoms with Gasteiger partial charge in [-0.3, -0.25) is 0 Å². The molecule has 0 unspecified atom stereocenters. The van der Waals surface area contributed by atoms with Crippen LogP contribution in [0.3, 0.4) is 0 Å². The lowest BCUT2D eigenvalue weighted by Gasteiger charge is -2.23. The Balaban J connectivity index is 2.27. The minimum absolute atomic E-state index is 0.0825. The lowest BCUT2D eigenvalue weighted by molar-refractivity contribution is 0.300. The first kappa shape index (κ1) is 11.4. The third-order valence-corrected chi connectivity index (χ3v) is 2.75. The molecule has 1 heterocycles. The van der Waals surface area contributed by atoms with Crippen LogP contribution < -0.4 is 9.64 Å². The van der Waals surface area contributed by atoms with Crippen molar-refractivity contribution in [2.75, 3.05) is 25.2 Å². The second kappa shape index (κ2) is 4.84. The molecule has 16 heavy (non-hydrogen) atoms. The fraction of sp³-hybridized carbons (Fsp3) is 0.600. The normalized spacial score (nSPS) is 14.9. The number of halogens is 1. The second-order valence-corrected chi connectivity index (χ2v) is 4.08. The molecule has 0 amide bonds. The molecular formula is C10H14ClN3O2. The Labute approximate surface area is 99.0 Å². The number of ether oxygens (including phenoxy) is 1. The summed E-state index contributed by atoms with van der Waals surface area (Å²) in [7, 11) is 1.51. The van der Waals surface area contributed by atoms with Crippen molar-refractivity contribution in [2.24, 2.45) is 0 Å². The largest absolute Gasteiger partial charge is 0.467 e. The molecule has 5 nitrogen and oxygen atoms in total. The van der Waals surface area contributed by atoms with Crippen molar-refractivity contribution < 1.29 is 9.84 Å². The van der Waals surface area contributed by atoms with Crippen molar-refractivity contribution in [1.82, 2.24) is 9.97 Å². The number of aliphatic hydroxyl groups is 1. The highest BCUT2D eigenvalue weighted by Crippen LogP contribution is 2.34. The summed E-state index contributed by atoms with van der Waals surface area (Å²) < 4.78 is 4.97. The highest BCUT2D eigenvalue weighted by molar-refractivity contribution is 6.32. The van der Waals surface area contributed by atoms with Gasteiger partial charge in [-0.25, -0.2) is 4.98 Å². The van der Waals surface area contributed by atoms with E-state index in [1.165, 1.54) is 13.3 Å². The number of aromatic nitrogens is 2. The van der Waals surface area contributed by atoms with Crippen LogP contribution in [0.4, 0.5) is 5.82 Å². The number of aliphatic hydroxyl groups excluding tert-OH is 1. The van der Waals surface area contributed by atoms with Crippen LogP contribution in [-0.2, 0) is 0 Å². The third-order valence-electron chi connectivity index (χ3n) is 2.49. The van der Waals surface area contributed by atoms with Gasteiger partial charge in [0.1, 0.15) is 5.02 Å².